The van der Waals surface area contributed by atoms with Gasteiger partial charge >= 0.3 is 12.1 Å². The van der Waals surface area contributed by atoms with Gasteiger partial charge in [-0.2, -0.15) is 0 Å². The van der Waals surface area contributed by atoms with E-state index in [4.69, 9.17) is 34.2 Å². The first-order valence-corrected chi connectivity index (χ1v) is 19.7. The molecule has 1 amide bonds. The number of primary amides is 1. The van der Waals surface area contributed by atoms with Gasteiger partial charge in [0.2, 0.25) is 0 Å². The summed E-state index contributed by atoms with van der Waals surface area (Å²) in [4.78, 5) is 37.8. The molecule has 15 atom stereocenters. The van der Waals surface area contributed by atoms with Gasteiger partial charge in [0, 0.05) is 31.1 Å². The minimum Gasteiger partial charge on any atom is -0.462 e. The highest BCUT2D eigenvalue weighted by atomic mass is 16.7. The number of rotatable bonds is 9. The van der Waals surface area contributed by atoms with Gasteiger partial charge in [0.1, 0.15) is 24.4 Å². The molecule has 4 rings (SSSR count). The first kappa shape index (κ1) is 44.1. The Bertz CT molecular complexity index is 1410. The van der Waals surface area contributed by atoms with Gasteiger partial charge in [-0.05, 0) is 76.4 Å². The highest BCUT2D eigenvalue weighted by Crippen LogP contribution is 2.45. The molecule has 0 aromatic rings. The molecule has 4 aliphatic rings. The summed E-state index contributed by atoms with van der Waals surface area (Å²) in [5.41, 5.74) is 6.26. The van der Waals surface area contributed by atoms with Crippen molar-refractivity contribution >= 4 is 17.8 Å². The third-order valence-corrected chi connectivity index (χ3v) is 11.8. The van der Waals surface area contributed by atoms with Crippen LogP contribution in [0.1, 0.15) is 114 Å². The predicted molar refractivity (Wildman–Crippen MR) is 200 cm³/mol. The van der Waals surface area contributed by atoms with E-state index in [1.807, 2.05) is 73.6 Å². The number of ether oxygens (including phenoxy) is 6. The van der Waals surface area contributed by atoms with Crippen LogP contribution in [0.15, 0.2) is 35.5 Å². The minimum absolute atomic E-state index is 0.0277. The lowest BCUT2D eigenvalue weighted by Gasteiger charge is -2.38. The second-order valence-corrected chi connectivity index (χ2v) is 16.5. The molecule has 0 aliphatic carbocycles. The van der Waals surface area contributed by atoms with E-state index in [9.17, 15) is 29.7 Å². The van der Waals surface area contributed by atoms with Gasteiger partial charge in [-0.3, -0.25) is 9.59 Å². The number of ketones is 1. The van der Waals surface area contributed by atoms with Gasteiger partial charge in [0.15, 0.2) is 23.5 Å². The van der Waals surface area contributed by atoms with Gasteiger partial charge in [-0.25, -0.2) is 4.79 Å². The molecule has 0 aromatic carbocycles. The van der Waals surface area contributed by atoms with Crippen molar-refractivity contribution in [2.45, 2.75) is 180 Å². The Morgan fingerprint density at radius 2 is 1.72 bits per heavy atom. The fourth-order valence-corrected chi connectivity index (χ4v) is 8.43. The number of aliphatic hydroxyl groups excluding tert-OH is 2. The molecule has 1 unspecified atom stereocenters. The lowest BCUT2D eigenvalue weighted by molar-refractivity contribution is -0.254. The number of esters is 1. The largest absolute Gasteiger partial charge is 0.462 e. The van der Waals surface area contributed by atoms with E-state index in [2.05, 4.69) is 6.08 Å². The summed E-state index contributed by atoms with van der Waals surface area (Å²) in [6.45, 7) is 16.9. The molecule has 0 saturated carbocycles. The molecule has 54 heavy (non-hydrogen) atoms. The van der Waals surface area contributed by atoms with Crippen molar-refractivity contribution in [3.05, 3.63) is 35.5 Å². The van der Waals surface area contributed by atoms with Crippen molar-refractivity contribution < 1.29 is 58.1 Å². The summed E-state index contributed by atoms with van der Waals surface area (Å²) in [5.74, 6) is -3.55. The van der Waals surface area contributed by atoms with Crippen LogP contribution in [0.5, 0.6) is 0 Å². The summed E-state index contributed by atoms with van der Waals surface area (Å²) >= 11 is 0. The minimum atomic E-state index is -1.77. The number of nitrogens with two attached hydrogens (primary N) is 1. The Balaban J connectivity index is 1.60. The highest BCUT2D eigenvalue weighted by molar-refractivity contribution is 5.89. The summed E-state index contributed by atoms with van der Waals surface area (Å²) in [6.07, 6.45) is 3.12. The number of carbonyl (C=O) groups is 3. The molecule has 0 radical (unpaired) electrons. The third-order valence-electron chi connectivity index (χ3n) is 11.8. The molecule has 5 N–H and O–H groups in total. The van der Waals surface area contributed by atoms with Crippen molar-refractivity contribution in [2.75, 3.05) is 0 Å². The average Bonchev–Trinajstić information content (AvgIpc) is 3.81. The summed E-state index contributed by atoms with van der Waals surface area (Å²) in [7, 11) is 0. The molecule has 2 bridgehead atoms. The number of cyclic esters (lactones) is 1. The topological polar surface area (TPSA) is 197 Å². The summed E-state index contributed by atoms with van der Waals surface area (Å²) in [6, 6.07) is 0. The third kappa shape index (κ3) is 11.0. The van der Waals surface area contributed by atoms with E-state index in [0.717, 1.165) is 11.1 Å². The number of amides is 1. The summed E-state index contributed by atoms with van der Waals surface area (Å²) in [5, 5.41) is 33.9. The van der Waals surface area contributed by atoms with Crippen LogP contribution in [0.2, 0.25) is 0 Å². The van der Waals surface area contributed by atoms with Crippen LogP contribution >= 0.6 is 0 Å². The first-order valence-electron chi connectivity index (χ1n) is 19.7. The van der Waals surface area contributed by atoms with Crippen molar-refractivity contribution in [2.24, 2.45) is 29.4 Å². The molecule has 13 heteroatoms. The average molecular weight is 764 g/mol. The second-order valence-electron chi connectivity index (χ2n) is 16.5. The van der Waals surface area contributed by atoms with E-state index in [-0.39, 0.29) is 43.0 Å². The zero-order valence-corrected chi connectivity index (χ0v) is 33.6. The molecule has 0 spiro atoms. The highest BCUT2D eigenvalue weighted by Gasteiger charge is 2.59. The predicted octanol–water partition coefficient (Wildman–Crippen LogP) is 5.18. The van der Waals surface area contributed by atoms with Crippen LogP contribution in [0, 0.1) is 23.7 Å². The number of fused-ring (bicyclic) bond motifs is 2. The molecule has 0 aromatic heterocycles. The Morgan fingerprint density at radius 3 is 2.39 bits per heavy atom. The van der Waals surface area contributed by atoms with Crippen molar-refractivity contribution in [1.82, 2.24) is 0 Å². The van der Waals surface area contributed by atoms with E-state index in [0.29, 0.717) is 32.1 Å². The van der Waals surface area contributed by atoms with Gasteiger partial charge in [0.25, 0.3) is 0 Å². The van der Waals surface area contributed by atoms with Crippen molar-refractivity contribution in [3.63, 3.8) is 0 Å². The van der Waals surface area contributed by atoms with E-state index in [1.54, 1.807) is 6.92 Å². The molecule has 2 saturated heterocycles. The SMILES string of the molecule is CCC(=O)[C@]1(C)O[C@H]1[C@H](C)C[C@@H](C)[C@H]1OC(=O)C[C@@]2(O)CC=C(C)[C@H](O2)/C(C)=C/CCC[C@@H](O[C@H]2C[C@@H](OC(N)=O)[C@H](O)[C@@H](C)O2)C=C[C@H](C)C(O)[C@H]1C. The van der Waals surface area contributed by atoms with Crippen LogP contribution < -0.4 is 5.73 Å². The number of allylic oxidation sites excluding steroid dienone is 1. The number of carbonyl (C=O) groups excluding carboxylic acids is 3. The molecule has 2 fully saturated rings. The van der Waals surface area contributed by atoms with Crippen molar-refractivity contribution in [1.29, 1.82) is 0 Å². The maximum atomic E-state index is 13.7. The lowest BCUT2D eigenvalue weighted by atomic mass is 9.79. The zero-order valence-electron chi connectivity index (χ0n) is 33.6. The number of hydrogen-bond donors (Lipinski definition) is 4. The lowest BCUT2D eigenvalue weighted by Crippen LogP contribution is -2.50. The van der Waals surface area contributed by atoms with Gasteiger partial charge < -0.3 is 49.5 Å². The quantitative estimate of drug-likeness (QED) is 0.137. The normalized spacial score (nSPS) is 41.9. The molecule has 4 aliphatic heterocycles. The van der Waals surface area contributed by atoms with Crippen LogP contribution in [-0.2, 0) is 38.0 Å². The number of aliphatic hydroxyl groups is 3. The number of Topliss-reactive ketones (excluding diaryl/α,β-unsaturated/α-hetero) is 1. The van der Waals surface area contributed by atoms with E-state index < -0.39 is 84.3 Å². The van der Waals surface area contributed by atoms with Crippen LogP contribution in [0.25, 0.3) is 0 Å². The molecule has 4 heterocycles. The van der Waals surface area contributed by atoms with Crippen LogP contribution in [0.4, 0.5) is 4.79 Å². The number of hydrogen-bond acceptors (Lipinski definition) is 12. The van der Waals surface area contributed by atoms with Gasteiger partial charge in [0.05, 0.1) is 30.8 Å². The molecular weight excluding hydrogens is 698 g/mol. The first-order chi connectivity index (χ1) is 25.3. The molecule has 13 nitrogen and oxygen atoms in total. The molecular formula is C41H65NO12. The maximum Gasteiger partial charge on any atom is 0.404 e. The Kier molecular flexibility index (Phi) is 15.1. The number of epoxide rings is 1. The fourth-order valence-electron chi connectivity index (χ4n) is 8.43. The molecule has 306 valence electrons. The smallest absolute Gasteiger partial charge is 0.404 e. The van der Waals surface area contributed by atoms with Gasteiger partial charge in [-0.1, -0.05) is 58.9 Å². The zero-order chi connectivity index (χ0) is 40.1. The van der Waals surface area contributed by atoms with E-state index >= 15 is 0 Å². The standard InChI is InChI=1S/C41H65NO12/c1-10-31(43)40(9)38(54-40)26(6)19-25(5)37-27(7)34(45)22(2)15-16-29(50-33-20-30(51-39(42)47)35(46)28(8)49-33)14-12-11-13-23(3)36-24(4)17-18-41(48,53-36)21-32(44)52-37/h13,15-17,22,25-30,33-38,45-46,48H,10-12,14,18-21H2,1-9H3,(H2,42,47)/b16-15?,23-13+/t22-,25+,26+,27+,28+,29+,30+,33-,34?,35+,36+,37+,38-,40-,41+/m0/s1. The van der Waals surface area contributed by atoms with E-state index in [1.165, 1.54) is 0 Å². The monoisotopic (exact) mass is 763 g/mol. The fraction of sp³-hybridized carbons (Fsp3) is 0.780. The summed E-state index contributed by atoms with van der Waals surface area (Å²) < 4.78 is 35.8. The maximum absolute atomic E-state index is 13.7. The second kappa shape index (κ2) is 18.5. The Morgan fingerprint density at radius 1 is 1.04 bits per heavy atom. The van der Waals surface area contributed by atoms with Gasteiger partial charge in [-0.15, -0.1) is 0 Å². The van der Waals surface area contributed by atoms with Crippen LogP contribution in [-0.4, -0.2) is 99.7 Å². The van der Waals surface area contributed by atoms with Crippen molar-refractivity contribution in [3.8, 4) is 0 Å². The Hall–Kier alpha value is -2.65. The van der Waals surface area contributed by atoms with Crippen LogP contribution in [0.3, 0.4) is 0 Å². The Labute approximate surface area is 320 Å².